The standard InChI is InChI=1S/C16H18FNO2/c1-11(15-9-13(17)6-7-16(15)20-2)18-10-12-4-3-5-14(19)8-12/h3-9,11,18-19H,10H2,1-2H3. The van der Waals surface area contributed by atoms with Crippen molar-refractivity contribution in [3.63, 3.8) is 0 Å². The summed E-state index contributed by atoms with van der Waals surface area (Å²) in [4.78, 5) is 0. The van der Waals surface area contributed by atoms with Crippen molar-refractivity contribution in [3.05, 3.63) is 59.4 Å². The summed E-state index contributed by atoms with van der Waals surface area (Å²) >= 11 is 0. The number of hydrogen-bond acceptors (Lipinski definition) is 3. The molecule has 3 nitrogen and oxygen atoms in total. The number of rotatable bonds is 5. The fraction of sp³-hybridized carbons (Fsp3) is 0.250. The van der Waals surface area contributed by atoms with E-state index < -0.39 is 0 Å². The molecule has 0 radical (unpaired) electrons. The van der Waals surface area contributed by atoms with E-state index in [2.05, 4.69) is 5.32 Å². The average Bonchev–Trinajstić information content (AvgIpc) is 2.45. The molecular formula is C16H18FNO2. The van der Waals surface area contributed by atoms with E-state index in [1.165, 1.54) is 12.1 Å². The maximum Gasteiger partial charge on any atom is 0.123 e. The first-order chi connectivity index (χ1) is 9.60. The van der Waals surface area contributed by atoms with Gasteiger partial charge in [0.05, 0.1) is 7.11 Å². The van der Waals surface area contributed by atoms with Gasteiger partial charge in [0.25, 0.3) is 0 Å². The van der Waals surface area contributed by atoms with Crippen LogP contribution < -0.4 is 10.1 Å². The van der Waals surface area contributed by atoms with Crippen molar-refractivity contribution in [2.75, 3.05) is 7.11 Å². The van der Waals surface area contributed by atoms with Crippen LogP contribution in [0, 0.1) is 5.82 Å². The lowest BCUT2D eigenvalue weighted by Gasteiger charge is -2.17. The Morgan fingerprint density at radius 1 is 1.25 bits per heavy atom. The van der Waals surface area contributed by atoms with Crippen LogP contribution in [-0.2, 0) is 6.54 Å². The number of hydrogen-bond donors (Lipinski definition) is 2. The summed E-state index contributed by atoms with van der Waals surface area (Å²) in [6.07, 6.45) is 0. The van der Waals surface area contributed by atoms with Crippen molar-refractivity contribution in [2.45, 2.75) is 19.5 Å². The minimum absolute atomic E-state index is 0.0667. The monoisotopic (exact) mass is 275 g/mol. The highest BCUT2D eigenvalue weighted by Crippen LogP contribution is 2.26. The van der Waals surface area contributed by atoms with Crippen LogP contribution in [0.4, 0.5) is 4.39 Å². The maximum atomic E-state index is 13.3. The third-order valence-electron chi connectivity index (χ3n) is 3.18. The van der Waals surface area contributed by atoms with Gasteiger partial charge in [0.1, 0.15) is 17.3 Å². The van der Waals surface area contributed by atoms with Gasteiger partial charge in [-0.3, -0.25) is 0 Å². The van der Waals surface area contributed by atoms with Gasteiger partial charge in [0, 0.05) is 18.2 Å². The molecule has 0 spiro atoms. The Kier molecular flexibility index (Phi) is 4.58. The van der Waals surface area contributed by atoms with Crippen LogP contribution in [0.2, 0.25) is 0 Å². The van der Waals surface area contributed by atoms with Crippen molar-refractivity contribution in [1.29, 1.82) is 0 Å². The Balaban J connectivity index is 2.08. The van der Waals surface area contributed by atoms with Crippen molar-refractivity contribution in [3.8, 4) is 11.5 Å². The predicted octanol–water partition coefficient (Wildman–Crippen LogP) is 3.39. The molecule has 0 aliphatic carbocycles. The lowest BCUT2D eigenvalue weighted by molar-refractivity contribution is 0.399. The third-order valence-corrected chi connectivity index (χ3v) is 3.18. The highest BCUT2D eigenvalue weighted by Gasteiger charge is 2.12. The van der Waals surface area contributed by atoms with E-state index >= 15 is 0 Å². The SMILES string of the molecule is COc1ccc(F)cc1C(C)NCc1cccc(O)c1. The molecule has 2 aromatic carbocycles. The highest BCUT2D eigenvalue weighted by molar-refractivity contribution is 5.36. The van der Waals surface area contributed by atoms with E-state index in [0.29, 0.717) is 12.3 Å². The molecule has 1 atom stereocenters. The first kappa shape index (κ1) is 14.3. The first-order valence-corrected chi connectivity index (χ1v) is 6.45. The lowest BCUT2D eigenvalue weighted by Crippen LogP contribution is -2.18. The molecule has 0 saturated heterocycles. The largest absolute Gasteiger partial charge is 0.508 e. The molecule has 2 rings (SSSR count). The number of nitrogens with one attached hydrogen (secondary N) is 1. The van der Waals surface area contributed by atoms with Crippen LogP contribution in [0.3, 0.4) is 0 Å². The Morgan fingerprint density at radius 2 is 2.05 bits per heavy atom. The van der Waals surface area contributed by atoms with Crippen molar-refractivity contribution < 1.29 is 14.2 Å². The fourth-order valence-electron chi connectivity index (χ4n) is 2.09. The quantitative estimate of drug-likeness (QED) is 0.879. The van der Waals surface area contributed by atoms with Gasteiger partial charge in [-0.2, -0.15) is 0 Å². The molecule has 4 heteroatoms. The minimum Gasteiger partial charge on any atom is -0.508 e. The lowest BCUT2D eigenvalue weighted by atomic mass is 10.1. The number of halogens is 1. The van der Waals surface area contributed by atoms with E-state index in [1.807, 2.05) is 13.0 Å². The van der Waals surface area contributed by atoms with E-state index in [1.54, 1.807) is 31.4 Å². The second-order valence-corrected chi connectivity index (χ2v) is 4.66. The van der Waals surface area contributed by atoms with Crippen LogP contribution in [-0.4, -0.2) is 12.2 Å². The van der Waals surface area contributed by atoms with Gasteiger partial charge in [0.15, 0.2) is 0 Å². The molecule has 2 N–H and O–H groups in total. The van der Waals surface area contributed by atoms with Gasteiger partial charge < -0.3 is 15.2 Å². The molecule has 106 valence electrons. The van der Waals surface area contributed by atoms with Gasteiger partial charge >= 0.3 is 0 Å². The van der Waals surface area contributed by atoms with Crippen molar-refractivity contribution in [1.82, 2.24) is 5.32 Å². The molecule has 0 saturated carbocycles. The molecule has 0 bridgehead atoms. The summed E-state index contributed by atoms with van der Waals surface area (Å²) in [7, 11) is 1.57. The summed E-state index contributed by atoms with van der Waals surface area (Å²) in [6.45, 7) is 2.52. The summed E-state index contributed by atoms with van der Waals surface area (Å²) < 4.78 is 18.6. The topological polar surface area (TPSA) is 41.5 Å². The molecule has 0 aliphatic rings. The third kappa shape index (κ3) is 3.48. The van der Waals surface area contributed by atoms with Crippen LogP contribution >= 0.6 is 0 Å². The molecule has 0 heterocycles. The molecule has 0 aromatic heterocycles. The first-order valence-electron chi connectivity index (χ1n) is 6.45. The maximum absolute atomic E-state index is 13.3. The number of benzene rings is 2. The van der Waals surface area contributed by atoms with Crippen LogP contribution in [0.15, 0.2) is 42.5 Å². The summed E-state index contributed by atoms with van der Waals surface area (Å²) in [5.74, 6) is 0.606. The number of ether oxygens (including phenoxy) is 1. The zero-order valence-corrected chi connectivity index (χ0v) is 11.6. The van der Waals surface area contributed by atoms with Crippen molar-refractivity contribution in [2.24, 2.45) is 0 Å². The van der Waals surface area contributed by atoms with Gasteiger partial charge in [-0.1, -0.05) is 12.1 Å². The predicted molar refractivity (Wildman–Crippen MR) is 76.3 cm³/mol. The Hall–Kier alpha value is -2.07. The fourth-order valence-corrected chi connectivity index (χ4v) is 2.09. The molecule has 20 heavy (non-hydrogen) atoms. The second kappa shape index (κ2) is 6.39. The van der Waals surface area contributed by atoms with E-state index in [4.69, 9.17) is 4.74 Å². The van der Waals surface area contributed by atoms with Gasteiger partial charge in [-0.15, -0.1) is 0 Å². The van der Waals surface area contributed by atoms with E-state index in [9.17, 15) is 9.50 Å². The van der Waals surface area contributed by atoms with Gasteiger partial charge in [0.2, 0.25) is 0 Å². The smallest absolute Gasteiger partial charge is 0.123 e. The number of aromatic hydroxyl groups is 1. The molecular weight excluding hydrogens is 257 g/mol. The van der Waals surface area contributed by atoms with Crippen LogP contribution in [0.1, 0.15) is 24.1 Å². The molecule has 0 fully saturated rings. The molecule has 0 aliphatic heterocycles. The molecule has 0 amide bonds. The second-order valence-electron chi connectivity index (χ2n) is 4.66. The molecule has 2 aromatic rings. The Bertz CT molecular complexity index is 586. The Labute approximate surface area is 118 Å². The number of methoxy groups -OCH3 is 1. The average molecular weight is 275 g/mol. The zero-order valence-electron chi connectivity index (χ0n) is 11.6. The zero-order chi connectivity index (χ0) is 14.5. The summed E-state index contributed by atoms with van der Waals surface area (Å²) in [5.41, 5.74) is 1.74. The summed E-state index contributed by atoms with van der Waals surface area (Å²) in [5, 5.41) is 12.7. The molecule has 1 unspecified atom stereocenters. The van der Waals surface area contributed by atoms with Crippen LogP contribution in [0.25, 0.3) is 0 Å². The van der Waals surface area contributed by atoms with Gasteiger partial charge in [-0.05, 0) is 42.8 Å². The van der Waals surface area contributed by atoms with E-state index in [-0.39, 0.29) is 17.6 Å². The number of phenols is 1. The highest BCUT2D eigenvalue weighted by atomic mass is 19.1. The van der Waals surface area contributed by atoms with Crippen molar-refractivity contribution >= 4 is 0 Å². The normalized spacial score (nSPS) is 12.2. The van der Waals surface area contributed by atoms with E-state index in [0.717, 1.165) is 11.1 Å². The minimum atomic E-state index is -0.285. The number of phenolic OH excluding ortho intramolecular Hbond substituents is 1. The Morgan fingerprint density at radius 3 is 2.75 bits per heavy atom. The summed E-state index contributed by atoms with van der Waals surface area (Å²) in [6, 6.07) is 11.4. The van der Waals surface area contributed by atoms with Gasteiger partial charge in [-0.25, -0.2) is 4.39 Å². The van der Waals surface area contributed by atoms with Crippen LogP contribution in [0.5, 0.6) is 11.5 Å².